The van der Waals surface area contributed by atoms with Gasteiger partial charge in [0, 0.05) is 46.8 Å². The van der Waals surface area contributed by atoms with Crippen LogP contribution in [0.1, 0.15) is 33.0 Å². The lowest BCUT2D eigenvalue weighted by Gasteiger charge is -2.32. The highest BCUT2D eigenvalue weighted by Gasteiger charge is 2.24. The largest absolute Gasteiger partial charge is 0.349 e. The summed E-state index contributed by atoms with van der Waals surface area (Å²) in [5.74, 6) is 0.104. The Balaban J connectivity index is 1.47. The molecule has 1 saturated heterocycles. The van der Waals surface area contributed by atoms with Gasteiger partial charge in [-0.3, -0.25) is 14.6 Å². The maximum atomic E-state index is 12.4. The molecule has 0 radical (unpaired) electrons. The standard InChI is InChI=1S/C18H21N3O2S/c1-13-2-3-16(24-13)12-17(22)21-10-6-15(7-11-21)20-18(23)14-4-8-19-9-5-14/h2-5,8-9,15H,6-7,10-12H2,1H3,(H,20,23). The molecule has 0 aliphatic carbocycles. The van der Waals surface area contributed by atoms with E-state index in [2.05, 4.69) is 17.2 Å². The summed E-state index contributed by atoms with van der Waals surface area (Å²) in [5, 5.41) is 3.05. The van der Waals surface area contributed by atoms with Crippen molar-refractivity contribution in [3.8, 4) is 0 Å². The van der Waals surface area contributed by atoms with E-state index in [9.17, 15) is 9.59 Å². The van der Waals surface area contributed by atoms with E-state index < -0.39 is 0 Å². The number of aromatic nitrogens is 1. The van der Waals surface area contributed by atoms with Crippen molar-refractivity contribution in [3.05, 3.63) is 52.0 Å². The van der Waals surface area contributed by atoms with Gasteiger partial charge in [0.2, 0.25) is 5.91 Å². The minimum Gasteiger partial charge on any atom is -0.349 e. The summed E-state index contributed by atoms with van der Waals surface area (Å²) in [5.41, 5.74) is 0.622. The first kappa shape index (κ1) is 16.6. The Morgan fingerprint density at radius 3 is 2.54 bits per heavy atom. The predicted molar refractivity (Wildman–Crippen MR) is 94.1 cm³/mol. The molecule has 2 amide bonds. The first-order chi connectivity index (χ1) is 11.6. The number of rotatable bonds is 4. The number of hydrogen-bond donors (Lipinski definition) is 1. The predicted octanol–water partition coefficient (Wildman–Crippen LogP) is 2.42. The molecule has 2 aromatic rings. The van der Waals surface area contributed by atoms with Gasteiger partial charge < -0.3 is 10.2 Å². The van der Waals surface area contributed by atoms with Gasteiger partial charge in [-0.25, -0.2) is 0 Å². The van der Waals surface area contributed by atoms with Gasteiger partial charge in [0.15, 0.2) is 0 Å². The van der Waals surface area contributed by atoms with Crippen molar-refractivity contribution in [1.29, 1.82) is 0 Å². The number of piperidine rings is 1. The third-order valence-corrected chi connectivity index (χ3v) is 5.25. The molecule has 0 atom stereocenters. The van der Waals surface area contributed by atoms with Crippen molar-refractivity contribution in [1.82, 2.24) is 15.2 Å². The molecule has 0 saturated carbocycles. The lowest BCUT2D eigenvalue weighted by atomic mass is 10.0. The molecule has 24 heavy (non-hydrogen) atoms. The van der Waals surface area contributed by atoms with Crippen LogP contribution in [0.15, 0.2) is 36.7 Å². The van der Waals surface area contributed by atoms with Gasteiger partial charge in [-0.2, -0.15) is 0 Å². The van der Waals surface area contributed by atoms with Crippen LogP contribution >= 0.6 is 11.3 Å². The summed E-state index contributed by atoms with van der Waals surface area (Å²) in [6.45, 7) is 3.45. The maximum Gasteiger partial charge on any atom is 0.251 e. The number of carbonyl (C=O) groups is 2. The molecule has 1 fully saturated rings. The van der Waals surface area contributed by atoms with Crippen LogP contribution in [0, 0.1) is 6.92 Å². The molecular formula is C18H21N3O2S. The second-order valence-electron chi connectivity index (χ2n) is 6.05. The topological polar surface area (TPSA) is 62.3 Å². The summed E-state index contributed by atoms with van der Waals surface area (Å²) < 4.78 is 0. The molecule has 0 bridgehead atoms. The number of pyridine rings is 1. The number of nitrogens with zero attached hydrogens (tertiary/aromatic N) is 2. The Labute approximate surface area is 145 Å². The molecule has 3 heterocycles. The second kappa shape index (κ2) is 7.57. The summed E-state index contributed by atoms with van der Waals surface area (Å²) in [7, 11) is 0. The number of hydrogen-bond acceptors (Lipinski definition) is 4. The van der Waals surface area contributed by atoms with Gasteiger partial charge in [0.1, 0.15) is 0 Å². The minimum atomic E-state index is -0.0729. The number of carbonyl (C=O) groups excluding carboxylic acids is 2. The molecule has 126 valence electrons. The zero-order chi connectivity index (χ0) is 16.9. The van der Waals surface area contributed by atoms with Crippen molar-refractivity contribution in [2.24, 2.45) is 0 Å². The van der Waals surface area contributed by atoms with Crippen molar-refractivity contribution < 1.29 is 9.59 Å². The van der Waals surface area contributed by atoms with Gasteiger partial charge in [0.05, 0.1) is 6.42 Å². The number of aryl methyl sites for hydroxylation is 1. The Bertz CT molecular complexity index is 706. The highest BCUT2D eigenvalue weighted by atomic mass is 32.1. The zero-order valence-corrected chi connectivity index (χ0v) is 14.5. The highest BCUT2D eigenvalue weighted by molar-refractivity contribution is 7.12. The molecule has 0 spiro atoms. The monoisotopic (exact) mass is 343 g/mol. The minimum absolute atomic E-state index is 0.0729. The average molecular weight is 343 g/mol. The zero-order valence-electron chi connectivity index (χ0n) is 13.7. The normalized spacial score (nSPS) is 15.3. The lowest BCUT2D eigenvalue weighted by molar-refractivity contribution is -0.131. The third kappa shape index (κ3) is 4.20. The van der Waals surface area contributed by atoms with E-state index in [1.165, 1.54) is 4.88 Å². The van der Waals surface area contributed by atoms with Crippen molar-refractivity contribution in [3.63, 3.8) is 0 Å². The van der Waals surface area contributed by atoms with E-state index in [4.69, 9.17) is 0 Å². The van der Waals surface area contributed by atoms with E-state index in [1.807, 2.05) is 17.0 Å². The fourth-order valence-corrected chi connectivity index (χ4v) is 3.77. The molecule has 1 N–H and O–H groups in total. The highest BCUT2D eigenvalue weighted by Crippen LogP contribution is 2.18. The third-order valence-electron chi connectivity index (χ3n) is 4.25. The quantitative estimate of drug-likeness (QED) is 0.927. The van der Waals surface area contributed by atoms with Crippen LogP contribution in [0.5, 0.6) is 0 Å². The number of nitrogens with one attached hydrogen (secondary N) is 1. The second-order valence-corrected chi connectivity index (χ2v) is 7.43. The van der Waals surface area contributed by atoms with E-state index >= 15 is 0 Å². The number of likely N-dealkylation sites (tertiary alicyclic amines) is 1. The molecular weight excluding hydrogens is 322 g/mol. The van der Waals surface area contributed by atoms with E-state index in [0.717, 1.165) is 17.7 Å². The first-order valence-electron chi connectivity index (χ1n) is 8.16. The first-order valence-corrected chi connectivity index (χ1v) is 8.97. The van der Waals surface area contributed by atoms with Crippen LogP contribution in [-0.2, 0) is 11.2 Å². The Morgan fingerprint density at radius 2 is 1.92 bits per heavy atom. The van der Waals surface area contributed by atoms with Crippen molar-refractivity contribution in [2.45, 2.75) is 32.2 Å². The molecule has 2 aromatic heterocycles. The molecule has 0 unspecified atom stereocenters. The van der Waals surface area contributed by atoms with Crippen LogP contribution in [0.2, 0.25) is 0 Å². The number of amides is 2. The Kier molecular flexibility index (Phi) is 5.25. The molecule has 5 nitrogen and oxygen atoms in total. The summed E-state index contributed by atoms with van der Waals surface area (Å²) in [6, 6.07) is 7.61. The van der Waals surface area contributed by atoms with Gasteiger partial charge in [-0.05, 0) is 44.0 Å². The molecule has 3 rings (SSSR count). The number of thiophene rings is 1. The average Bonchev–Trinajstić information content (AvgIpc) is 3.01. The summed E-state index contributed by atoms with van der Waals surface area (Å²) in [4.78, 5) is 32.7. The van der Waals surface area contributed by atoms with Crippen molar-refractivity contribution in [2.75, 3.05) is 13.1 Å². The SMILES string of the molecule is Cc1ccc(CC(=O)N2CCC(NC(=O)c3ccncc3)CC2)s1. The van der Waals surface area contributed by atoms with Crippen LogP contribution < -0.4 is 5.32 Å². The van der Waals surface area contributed by atoms with E-state index in [0.29, 0.717) is 25.1 Å². The summed E-state index contributed by atoms with van der Waals surface area (Å²) in [6.07, 6.45) is 5.30. The molecule has 1 aliphatic rings. The maximum absolute atomic E-state index is 12.4. The van der Waals surface area contributed by atoms with Crippen LogP contribution in [0.3, 0.4) is 0 Å². The fourth-order valence-electron chi connectivity index (χ4n) is 2.89. The van der Waals surface area contributed by atoms with Gasteiger partial charge in [0.25, 0.3) is 5.91 Å². The van der Waals surface area contributed by atoms with Crippen molar-refractivity contribution >= 4 is 23.2 Å². The van der Waals surface area contributed by atoms with Crippen LogP contribution in [-0.4, -0.2) is 40.8 Å². The fraction of sp³-hybridized carbons (Fsp3) is 0.389. The Morgan fingerprint density at radius 1 is 1.21 bits per heavy atom. The van der Waals surface area contributed by atoms with Crippen LogP contribution in [0.25, 0.3) is 0 Å². The molecule has 1 aliphatic heterocycles. The lowest BCUT2D eigenvalue weighted by Crippen LogP contribution is -2.46. The van der Waals surface area contributed by atoms with Gasteiger partial charge in [-0.15, -0.1) is 11.3 Å². The van der Waals surface area contributed by atoms with Crippen LogP contribution in [0.4, 0.5) is 0 Å². The van der Waals surface area contributed by atoms with Gasteiger partial charge >= 0.3 is 0 Å². The molecule has 0 aromatic carbocycles. The Hall–Kier alpha value is -2.21. The van der Waals surface area contributed by atoms with Gasteiger partial charge in [-0.1, -0.05) is 0 Å². The summed E-state index contributed by atoms with van der Waals surface area (Å²) >= 11 is 1.68. The molecule has 6 heteroatoms. The smallest absolute Gasteiger partial charge is 0.251 e. The van der Waals surface area contributed by atoms with E-state index in [1.54, 1.807) is 35.9 Å². The van der Waals surface area contributed by atoms with E-state index in [-0.39, 0.29) is 17.9 Å².